The van der Waals surface area contributed by atoms with E-state index < -0.39 is 0 Å². The largest absolute Gasteiger partial charge is 0.487 e. The summed E-state index contributed by atoms with van der Waals surface area (Å²) in [7, 11) is 0. The van der Waals surface area contributed by atoms with Crippen LogP contribution in [0.2, 0.25) is 0 Å². The van der Waals surface area contributed by atoms with Gasteiger partial charge in [0.05, 0.1) is 12.2 Å². The minimum Gasteiger partial charge on any atom is -0.487 e. The molecule has 0 aliphatic heterocycles. The Hall–Kier alpha value is -2.16. The molecule has 3 nitrogen and oxygen atoms in total. The molecule has 0 saturated carbocycles. The summed E-state index contributed by atoms with van der Waals surface area (Å²) in [6, 6.07) is 15.3. The van der Waals surface area contributed by atoms with E-state index >= 15 is 0 Å². The van der Waals surface area contributed by atoms with E-state index in [-0.39, 0.29) is 12.2 Å². The van der Waals surface area contributed by atoms with Gasteiger partial charge in [0, 0.05) is 0 Å². The fourth-order valence-electron chi connectivity index (χ4n) is 1.89. The maximum absolute atomic E-state index is 5.99. The molecule has 0 saturated heterocycles. The molecule has 2 aromatic rings. The Morgan fingerprint density at radius 2 is 0.905 bits per heavy atom. The Morgan fingerprint density at radius 3 is 1.24 bits per heavy atom. The van der Waals surface area contributed by atoms with E-state index in [1.165, 1.54) is 0 Å². The highest BCUT2D eigenvalue weighted by atomic mass is 16.5. The van der Waals surface area contributed by atoms with E-state index in [1.54, 1.807) is 0 Å². The predicted molar refractivity (Wildman–Crippen MR) is 84.5 cm³/mol. The number of hydrogen-bond donors (Lipinski definition) is 0. The van der Waals surface area contributed by atoms with Gasteiger partial charge in [0.1, 0.15) is 0 Å². The summed E-state index contributed by atoms with van der Waals surface area (Å²) in [5.74, 6) is 2.83. The molecule has 0 atom stereocenters. The average Bonchev–Trinajstić information content (AvgIpc) is 2.42. The summed E-state index contributed by atoms with van der Waals surface area (Å²) < 4.78 is 17.5. The molecule has 0 fully saturated rings. The Balaban J connectivity index is 2.26. The second-order valence-electron chi connectivity index (χ2n) is 5.33. The fraction of sp³-hybridized carbons (Fsp3) is 0.333. The van der Waals surface area contributed by atoms with Crippen LogP contribution in [0.1, 0.15) is 27.7 Å². The van der Waals surface area contributed by atoms with Crippen LogP contribution in [0.25, 0.3) is 0 Å². The van der Waals surface area contributed by atoms with Crippen molar-refractivity contribution in [1.29, 1.82) is 0 Å². The first kappa shape index (κ1) is 15.2. The van der Waals surface area contributed by atoms with Crippen LogP contribution >= 0.6 is 0 Å². The molecule has 21 heavy (non-hydrogen) atoms. The van der Waals surface area contributed by atoms with Crippen molar-refractivity contribution in [2.45, 2.75) is 39.9 Å². The maximum Gasteiger partial charge on any atom is 0.169 e. The van der Waals surface area contributed by atoms with Gasteiger partial charge in [0.15, 0.2) is 23.0 Å². The van der Waals surface area contributed by atoms with Crippen molar-refractivity contribution in [3.63, 3.8) is 0 Å². The van der Waals surface area contributed by atoms with Gasteiger partial charge >= 0.3 is 0 Å². The van der Waals surface area contributed by atoms with Crippen LogP contribution in [0.4, 0.5) is 0 Å². The molecule has 0 heterocycles. The van der Waals surface area contributed by atoms with Gasteiger partial charge in [0.25, 0.3) is 0 Å². The summed E-state index contributed by atoms with van der Waals surface area (Å²) in [6.45, 7) is 7.97. The van der Waals surface area contributed by atoms with E-state index in [9.17, 15) is 0 Å². The Kier molecular flexibility index (Phi) is 5.09. The van der Waals surface area contributed by atoms with Gasteiger partial charge in [-0.15, -0.1) is 0 Å². The number of rotatable bonds is 6. The normalized spacial score (nSPS) is 10.8. The van der Waals surface area contributed by atoms with E-state index in [1.807, 2.05) is 76.2 Å². The zero-order chi connectivity index (χ0) is 15.2. The maximum atomic E-state index is 5.99. The Bertz CT molecular complexity index is 525. The molecule has 0 N–H and O–H groups in total. The second-order valence-corrected chi connectivity index (χ2v) is 5.33. The first-order valence-electron chi connectivity index (χ1n) is 7.25. The minimum absolute atomic E-state index is 0.0944. The molecule has 0 radical (unpaired) electrons. The van der Waals surface area contributed by atoms with Gasteiger partial charge in [-0.05, 0) is 52.0 Å². The molecule has 0 amide bonds. The zero-order valence-corrected chi connectivity index (χ0v) is 13.0. The molecule has 2 aromatic carbocycles. The van der Waals surface area contributed by atoms with Crippen molar-refractivity contribution >= 4 is 0 Å². The van der Waals surface area contributed by atoms with Crippen LogP contribution in [0, 0.1) is 0 Å². The van der Waals surface area contributed by atoms with Crippen LogP contribution < -0.4 is 14.2 Å². The quantitative estimate of drug-likeness (QED) is 0.743. The number of benzene rings is 2. The Labute approximate surface area is 126 Å². The number of hydrogen-bond acceptors (Lipinski definition) is 3. The fourth-order valence-corrected chi connectivity index (χ4v) is 1.89. The first-order chi connectivity index (χ1) is 10.1. The summed E-state index contributed by atoms with van der Waals surface area (Å²) in [4.78, 5) is 0. The molecule has 0 bridgehead atoms. The Morgan fingerprint density at radius 1 is 0.571 bits per heavy atom. The van der Waals surface area contributed by atoms with Gasteiger partial charge in [-0.3, -0.25) is 0 Å². The third kappa shape index (κ3) is 4.42. The highest BCUT2D eigenvalue weighted by Gasteiger charge is 2.11. The van der Waals surface area contributed by atoms with E-state index in [4.69, 9.17) is 14.2 Å². The van der Waals surface area contributed by atoms with E-state index in [2.05, 4.69) is 0 Å². The standard InChI is InChI=1S/C18H22O3/c1-13(2)19-15-9-5-7-11-17(15)21-18-12-8-6-10-16(18)20-14(3)4/h5-14H,1-4H3. The molecule has 0 spiro atoms. The highest BCUT2D eigenvalue weighted by Crippen LogP contribution is 2.36. The lowest BCUT2D eigenvalue weighted by atomic mass is 10.3. The summed E-state index contributed by atoms with van der Waals surface area (Å²) >= 11 is 0. The molecular formula is C18H22O3. The van der Waals surface area contributed by atoms with Crippen molar-refractivity contribution in [2.24, 2.45) is 0 Å². The van der Waals surface area contributed by atoms with Crippen molar-refractivity contribution < 1.29 is 14.2 Å². The molecule has 0 aliphatic rings. The van der Waals surface area contributed by atoms with Crippen LogP contribution in [0.5, 0.6) is 23.0 Å². The number of ether oxygens (including phenoxy) is 3. The topological polar surface area (TPSA) is 27.7 Å². The monoisotopic (exact) mass is 286 g/mol. The molecule has 3 heteroatoms. The highest BCUT2D eigenvalue weighted by molar-refractivity contribution is 5.47. The third-order valence-corrected chi connectivity index (χ3v) is 2.64. The van der Waals surface area contributed by atoms with E-state index in [0.29, 0.717) is 11.5 Å². The van der Waals surface area contributed by atoms with Crippen LogP contribution in [0.3, 0.4) is 0 Å². The van der Waals surface area contributed by atoms with Gasteiger partial charge in [-0.2, -0.15) is 0 Å². The van der Waals surface area contributed by atoms with Crippen LogP contribution in [-0.2, 0) is 0 Å². The van der Waals surface area contributed by atoms with Gasteiger partial charge < -0.3 is 14.2 Å². The second kappa shape index (κ2) is 7.02. The lowest BCUT2D eigenvalue weighted by Crippen LogP contribution is -2.07. The molecule has 0 unspecified atom stereocenters. The molecule has 112 valence electrons. The summed E-state index contributed by atoms with van der Waals surface area (Å²) in [6.07, 6.45) is 0.189. The zero-order valence-electron chi connectivity index (χ0n) is 13.0. The molecule has 0 aromatic heterocycles. The van der Waals surface area contributed by atoms with Crippen molar-refractivity contribution in [3.8, 4) is 23.0 Å². The molecule has 0 aliphatic carbocycles. The van der Waals surface area contributed by atoms with Gasteiger partial charge in [-0.25, -0.2) is 0 Å². The minimum atomic E-state index is 0.0944. The van der Waals surface area contributed by atoms with Gasteiger partial charge in [-0.1, -0.05) is 24.3 Å². The van der Waals surface area contributed by atoms with Crippen molar-refractivity contribution in [2.75, 3.05) is 0 Å². The van der Waals surface area contributed by atoms with Crippen molar-refractivity contribution in [3.05, 3.63) is 48.5 Å². The van der Waals surface area contributed by atoms with Gasteiger partial charge in [0.2, 0.25) is 0 Å². The number of para-hydroxylation sites is 4. The van der Waals surface area contributed by atoms with Crippen LogP contribution in [0.15, 0.2) is 48.5 Å². The molecule has 2 rings (SSSR count). The predicted octanol–water partition coefficient (Wildman–Crippen LogP) is 5.05. The van der Waals surface area contributed by atoms with Crippen LogP contribution in [-0.4, -0.2) is 12.2 Å². The first-order valence-corrected chi connectivity index (χ1v) is 7.25. The SMILES string of the molecule is CC(C)Oc1ccccc1Oc1ccccc1OC(C)C. The molecular weight excluding hydrogens is 264 g/mol. The lowest BCUT2D eigenvalue weighted by Gasteiger charge is -2.17. The van der Waals surface area contributed by atoms with Crippen molar-refractivity contribution in [1.82, 2.24) is 0 Å². The summed E-state index contributed by atoms with van der Waals surface area (Å²) in [5.41, 5.74) is 0. The third-order valence-electron chi connectivity index (χ3n) is 2.64. The lowest BCUT2D eigenvalue weighted by molar-refractivity contribution is 0.224. The summed E-state index contributed by atoms with van der Waals surface area (Å²) in [5, 5.41) is 0. The smallest absolute Gasteiger partial charge is 0.169 e. The van der Waals surface area contributed by atoms with E-state index in [0.717, 1.165) is 11.5 Å². The average molecular weight is 286 g/mol.